The van der Waals surface area contributed by atoms with Gasteiger partial charge in [-0.25, -0.2) is 4.39 Å². The van der Waals surface area contributed by atoms with E-state index in [0.717, 1.165) is 28.6 Å². The van der Waals surface area contributed by atoms with E-state index in [1.54, 1.807) is 6.20 Å². The lowest BCUT2D eigenvalue weighted by Gasteiger charge is -2.19. The van der Waals surface area contributed by atoms with Crippen molar-refractivity contribution in [3.63, 3.8) is 0 Å². The fraction of sp³-hybridized carbons (Fsp3) is 0.185. The standard InChI is InChI=1S/C27H21F4N3O3/c1-36-21-12-17(10-19(28)14-21)16-6-7-25(37-27(29,30)31)23(13-16)26(35)34-20(8-9-32)11-18-15-33-24-5-3-2-4-22(18)24/h2-7,10,12-15,20,33H,8,11H2,1H3,(H,34,35). The van der Waals surface area contributed by atoms with Crippen LogP contribution in [0.1, 0.15) is 22.3 Å². The monoisotopic (exact) mass is 511 g/mol. The summed E-state index contributed by atoms with van der Waals surface area (Å²) in [6.07, 6.45) is -3.10. The minimum Gasteiger partial charge on any atom is -0.497 e. The zero-order chi connectivity index (χ0) is 26.6. The molecule has 1 unspecified atom stereocenters. The molecule has 1 aromatic heterocycles. The fourth-order valence-corrected chi connectivity index (χ4v) is 4.06. The number of methoxy groups -OCH3 is 1. The Bertz CT molecular complexity index is 1470. The second kappa shape index (κ2) is 10.6. The number of nitriles is 1. The number of carbonyl (C=O) groups is 1. The summed E-state index contributed by atoms with van der Waals surface area (Å²) in [6.45, 7) is 0. The third-order valence-corrected chi connectivity index (χ3v) is 5.70. The molecule has 0 radical (unpaired) electrons. The van der Waals surface area contributed by atoms with Crippen molar-refractivity contribution in [1.29, 1.82) is 5.26 Å². The number of aromatic nitrogens is 1. The number of nitrogens with zero attached hydrogens (tertiary/aromatic N) is 1. The Balaban J connectivity index is 1.67. The molecule has 10 heteroatoms. The lowest BCUT2D eigenvalue weighted by molar-refractivity contribution is -0.274. The molecule has 0 aliphatic carbocycles. The highest BCUT2D eigenvalue weighted by Crippen LogP contribution is 2.33. The molecule has 1 heterocycles. The number of nitrogens with one attached hydrogen (secondary N) is 2. The third kappa shape index (κ3) is 6.19. The van der Waals surface area contributed by atoms with Crippen molar-refractivity contribution in [3.8, 4) is 28.7 Å². The molecule has 0 bridgehead atoms. The predicted octanol–water partition coefficient (Wildman–Crippen LogP) is 6.14. The average molecular weight is 511 g/mol. The van der Waals surface area contributed by atoms with E-state index in [2.05, 4.69) is 15.0 Å². The van der Waals surface area contributed by atoms with Gasteiger partial charge in [0.2, 0.25) is 0 Å². The summed E-state index contributed by atoms with van der Waals surface area (Å²) < 4.78 is 62.4. The van der Waals surface area contributed by atoms with Crippen LogP contribution in [-0.4, -0.2) is 30.4 Å². The van der Waals surface area contributed by atoms with Crippen LogP contribution in [0.3, 0.4) is 0 Å². The Morgan fingerprint density at radius 3 is 2.62 bits per heavy atom. The number of amides is 1. The van der Waals surface area contributed by atoms with Gasteiger partial charge in [0.15, 0.2) is 0 Å². The van der Waals surface area contributed by atoms with Gasteiger partial charge in [0.25, 0.3) is 5.91 Å². The second-order valence-electron chi connectivity index (χ2n) is 8.23. The Hall–Kier alpha value is -4.52. The van der Waals surface area contributed by atoms with E-state index in [9.17, 15) is 27.6 Å². The maximum atomic E-state index is 14.0. The summed E-state index contributed by atoms with van der Waals surface area (Å²) in [5.74, 6) is -2.02. The van der Waals surface area contributed by atoms with Gasteiger partial charge in [-0.15, -0.1) is 13.2 Å². The van der Waals surface area contributed by atoms with Crippen molar-refractivity contribution >= 4 is 16.8 Å². The maximum absolute atomic E-state index is 14.0. The first kappa shape index (κ1) is 25.6. The average Bonchev–Trinajstić information content (AvgIpc) is 3.25. The quantitative estimate of drug-likeness (QED) is 0.279. The number of ether oxygens (including phenoxy) is 2. The molecule has 0 aliphatic heterocycles. The maximum Gasteiger partial charge on any atom is 0.573 e. The number of carbonyl (C=O) groups excluding carboxylic acids is 1. The summed E-state index contributed by atoms with van der Waals surface area (Å²) in [7, 11) is 1.35. The van der Waals surface area contributed by atoms with E-state index in [4.69, 9.17) is 4.74 Å². The highest BCUT2D eigenvalue weighted by atomic mass is 19.4. The van der Waals surface area contributed by atoms with Gasteiger partial charge in [-0.1, -0.05) is 24.3 Å². The molecule has 0 saturated heterocycles. The molecule has 37 heavy (non-hydrogen) atoms. The summed E-state index contributed by atoms with van der Waals surface area (Å²) in [5.41, 5.74) is 1.85. The van der Waals surface area contributed by atoms with Crippen molar-refractivity contribution in [3.05, 3.63) is 83.8 Å². The SMILES string of the molecule is COc1cc(F)cc(-c2ccc(OC(F)(F)F)c(C(=O)NC(CC#N)Cc3c[nH]c4ccccc34)c2)c1. The van der Waals surface area contributed by atoms with Crippen LogP contribution >= 0.6 is 0 Å². The topological polar surface area (TPSA) is 87.1 Å². The summed E-state index contributed by atoms with van der Waals surface area (Å²) in [6, 6.07) is 16.0. The van der Waals surface area contributed by atoms with Gasteiger partial charge in [0, 0.05) is 29.2 Å². The van der Waals surface area contributed by atoms with Crippen molar-refractivity contribution in [2.45, 2.75) is 25.2 Å². The summed E-state index contributed by atoms with van der Waals surface area (Å²) in [4.78, 5) is 16.3. The minimum atomic E-state index is -5.05. The number of benzene rings is 3. The number of aromatic amines is 1. The van der Waals surface area contributed by atoms with Gasteiger partial charge >= 0.3 is 6.36 Å². The van der Waals surface area contributed by atoms with E-state index >= 15 is 0 Å². The Kier molecular flexibility index (Phi) is 7.34. The second-order valence-corrected chi connectivity index (χ2v) is 8.23. The van der Waals surface area contributed by atoms with E-state index < -0.39 is 35.4 Å². The molecule has 2 N–H and O–H groups in total. The van der Waals surface area contributed by atoms with Gasteiger partial charge in [-0.3, -0.25) is 4.79 Å². The molecular weight excluding hydrogens is 490 g/mol. The zero-order valence-electron chi connectivity index (χ0n) is 19.5. The number of hydrogen-bond acceptors (Lipinski definition) is 4. The number of hydrogen-bond donors (Lipinski definition) is 2. The Morgan fingerprint density at radius 1 is 1.11 bits per heavy atom. The van der Waals surface area contributed by atoms with Gasteiger partial charge < -0.3 is 19.8 Å². The molecule has 0 saturated carbocycles. The Labute approximate surface area is 209 Å². The first-order valence-electron chi connectivity index (χ1n) is 11.1. The highest BCUT2D eigenvalue weighted by Gasteiger charge is 2.33. The Morgan fingerprint density at radius 2 is 1.89 bits per heavy atom. The number of rotatable bonds is 8. The number of halogens is 4. The van der Waals surface area contributed by atoms with E-state index in [1.807, 2.05) is 30.3 Å². The molecule has 4 rings (SSSR count). The molecule has 0 aliphatic rings. The van der Waals surface area contributed by atoms with Crippen LogP contribution in [-0.2, 0) is 6.42 Å². The van der Waals surface area contributed by atoms with Gasteiger partial charge in [0.05, 0.1) is 25.2 Å². The van der Waals surface area contributed by atoms with E-state index in [0.29, 0.717) is 0 Å². The molecule has 1 atom stereocenters. The van der Waals surface area contributed by atoms with E-state index in [-0.39, 0.29) is 29.7 Å². The van der Waals surface area contributed by atoms with Crippen molar-refractivity contribution < 1.29 is 31.8 Å². The van der Waals surface area contributed by atoms with Crippen LogP contribution < -0.4 is 14.8 Å². The molecule has 0 fully saturated rings. The van der Waals surface area contributed by atoms with Gasteiger partial charge in [0.1, 0.15) is 17.3 Å². The number of H-pyrrole nitrogens is 1. The minimum absolute atomic E-state index is 0.0819. The molecule has 6 nitrogen and oxygen atoms in total. The van der Waals surface area contributed by atoms with E-state index in [1.165, 1.54) is 31.4 Å². The van der Waals surface area contributed by atoms with Crippen LogP contribution in [0.5, 0.6) is 11.5 Å². The third-order valence-electron chi connectivity index (χ3n) is 5.70. The number of para-hydroxylation sites is 1. The van der Waals surface area contributed by atoms with Crippen molar-refractivity contribution in [2.24, 2.45) is 0 Å². The summed E-state index contributed by atoms with van der Waals surface area (Å²) >= 11 is 0. The number of alkyl halides is 3. The zero-order valence-corrected chi connectivity index (χ0v) is 19.5. The predicted molar refractivity (Wildman–Crippen MR) is 129 cm³/mol. The van der Waals surface area contributed by atoms with Crippen LogP contribution in [0.15, 0.2) is 66.9 Å². The van der Waals surface area contributed by atoms with Crippen LogP contribution in [0, 0.1) is 17.1 Å². The van der Waals surface area contributed by atoms with Crippen LogP contribution in [0.4, 0.5) is 17.6 Å². The first-order valence-corrected chi connectivity index (χ1v) is 11.1. The largest absolute Gasteiger partial charge is 0.573 e. The molecule has 3 aromatic carbocycles. The molecule has 1 amide bonds. The van der Waals surface area contributed by atoms with Crippen molar-refractivity contribution in [2.75, 3.05) is 7.11 Å². The fourth-order valence-electron chi connectivity index (χ4n) is 4.06. The van der Waals surface area contributed by atoms with Crippen LogP contribution in [0.2, 0.25) is 0 Å². The van der Waals surface area contributed by atoms with Crippen molar-refractivity contribution in [1.82, 2.24) is 10.3 Å². The molecule has 4 aromatic rings. The van der Waals surface area contributed by atoms with Gasteiger partial charge in [-0.05, 0) is 53.4 Å². The first-order chi connectivity index (χ1) is 17.7. The lowest BCUT2D eigenvalue weighted by atomic mass is 10.00. The molecule has 0 spiro atoms. The normalized spacial score (nSPS) is 12.1. The number of fused-ring (bicyclic) bond motifs is 1. The molecule has 190 valence electrons. The highest BCUT2D eigenvalue weighted by molar-refractivity contribution is 5.98. The summed E-state index contributed by atoms with van der Waals surface area (Å²) in [5, 5.41) is 12.9. The van der Waals surface area contributed by atoms with Gasteiger partial charge in [-0.2, -0.15) is 5.26 Å². The van der Waals surface area contributed by atoms with Crippen LogP contribution in [0.25, 0.3) is 22.0 Å². The smallest absolute Gasteiger partial charge is 0.497 e. The molecular formula is C27H21F4N3O3. The lowest BCUT2D eigenvalue weighted by Crippen LogP contribution is -2.36.